The summed E-state index contributed by atoms with van der Waals surface area (Å²) in [5.74, 6) is -0.656. The number of carbonyl (C=O) groups excluding carboxylic acids is 3. The van der Waals surface area contributed by atoms with Gasteiger partial charge < -0.3 is 14.7 Å². The fourth-order valence-electron chi connectivity index (χ4n) is 3.91. The third kappa shape index (κ3) is 4.24. The number of hydrogen-bond acceptors (Lipinski definition) is 5. The maximum absolute atomic E-state index is 12.9. The number of rotatable bonds is 4. The van der Waals surface area contributed by atoms with Gasteiger partial charge in [-0.3, -0.25) is 19.2 Å². The molecule has 1 atom stereocenters. The highest BCUT2D eigenvalue weighted by atomic mass is 16.2. The highest BCUT2D eigenvalue weighted by Crippen LogP contribution is 2.23. The summed E-state index contributed by atoms with van der Waals surface area (Å²) in [7, 11) is 0. The minimum absolute atomic E-state index is 0.00448. The van der Waals surface area contributed by atoms with Crippen LogP contribution in [0, 0.1) is 5.92 Å². The molecule has 1 N–H and O–H groups in total. The van der Waals surface area contributed by atoms with Gasteiger partial charge in [0.25, 0.3) is 11.5 Å². The van der Waals surface area contributed by atoms with Crippen molar-refractivity contribution >= 4 is 17.7 Å². The molecule has 9 nitrogen and oxygen atoms in total. The first-order valence-corrected chi connectivity index (χ1v) is 9.97. The number of nitrogens with one attached hydrogen (secondary N) is 1. The van der Waals surface area contributed by atoms with Crippen LogP contribution >= 0.6 is 0 Å². The second-order valence-corrected chi connectivity index (χ2v) is 7.58. The Hall–Kier alpha value is -3.49. The number of amides is 3. The van der Waals surface area contributed by atoms with Gasteiger partial charge in [0.1, 0.15) is 5.69 Å². The quantitative estimate of drug-likeness (QED) is 0.771. The van der Waals surface area contributed by atoms with Crippen molar-refractivity contribution < 1.29 is 14.4 Å². The fourth-order valence-corrected chi connectivity index (χ4v) is 3.91. The van der Waals surface area contributed by atoms with Crippen LogP contribution in [-0.2, 0) is 16.1 Å². The van der Waals surface area contributed by atoms with Gasteiger partial charge >= 0.3 is 0 Å². The van der Waals surface area contributed by atoms with Crippen molar-refractivity contribution in [1.29, 1.82) is 0 Å². The highest BCUT2D eigenvalue weighted by molar-refractivity contribution is 5.92. The van der Waals surface area contributed by atoms with E-state index in [0.29, 0.717) is 39.3 Å². The highest BCUT2D eigenvalue weighted by Gasteiger charge is 2.37. The van der Waals surface area contributed by atoms with Gasteiger partial charge in [0, 0.05) is 51.8 Å². The van der Waals surface area contributed by atoms with Crippen molar-refractivity contribution in [3.8, 4) is 0 Å². The van der Waals surface area contributed by atoms with Gasteiger partial charge in [0.2, 0.25) is 11.8 Å². The molecule has 0 bridgehead atoms. The van der Waals surface area contributed by atoms with Crippen molar-refractivity contribution in [3.63, 3.8) is 0 Å². The molecule has 2 aliphatic heterocycles. The molecule has 2 aliphatic rings. The molecule has 156 valence electrons. The van der Waals surface area contributed by atoms with E-state index in [1.165, 1.54) is 12.1 Å². The molecule has 0 spiro atoms. The number of hydrogen-bond donors (Lipinski definition) is 1. The maximum atomic E-state index is 12.9. The molecule has 1 aromatic carbocycles. The van der Waals surface area contributed by atoms with E-state index in [1.54, 1.807) is 14.7 Å². The first-order chi connectivity index (χ1) is 14.5. The Labute approximate surface area is 173 Å². The van der Waals surface area contributed by atoms with Crippen molar-refractivity contribution in [3.05, 3.63) is 64.1 Å². The van der Waals surface area contributed by atoms with Gasteiger partial charge in [-0.25, -0.2) is 5.10 Å². The molecule has 30 heavy (non-hydrogen) atoms. The first-order valence-electron chi connectivity index (χ1n) is 9.97. The molecule has 3 heterocycles. The molecule has 3 amide bonds. The topological polar surface area (TPSA) is 107 Å². The minimum atomic E-state index is -0.366. The van der Waals surface area contributed by atoms with Crippen molar-refractivity contribution in [1.82, 2.24) is 24.9 Å². The van der Waals surface area contributed by atoms with E-state index in [9.17, 15) is 19.2 Å². The second-order valence-electron chi connectivity index (χ2n) is 7.58. The summed E-state index contributed by atoms with van der Waals surface area (Å²) in [5, 5.41) is 6.02. The lowest BCUT2D eigenvalue weighted by Crippen LogP contribution is -2.52. The standard InChI is InChI=1S/C21H23N5O4/c27-18-7-6-17(22-23-18)21(30)25-10-8-24(9-11-25)20(29)16-12-19(28)26(14-16)13-15-4-2-1-3-5-15/h1-7,16H,8-14H2,(H,23,27). The fraction of sp³-hybridized carbons (Fsp3) is 0.381. The summed E-state index contributed by atoms with van der Waals surface area (Å²) < 4.78 is 0. The number of nitrogens with zero attached hydrogens (tertiary/aromatic N) is 4. The monoisotopic (exact) mass is 409 g/mol. The predicted octanol–water partition coefficient (Wildman–Crippen LogP) is 0.103. The first kappa shape index (κ1) is 19.8. The maximum Gasteiger partial charge on any atom is 0.274 e. The molecule has 2 aromatic rings. The van der Waals surface area contributed by atoms with Crippen LogP contribution in [0.15, 0.2) is 47.3 Å². The number of benzene rings is 1. The molecule has 1 aromatic heterocycles. The minimum Gasteiger partial charge on any atom is -0.339 e. The van der Waals surface area contributed by atoms with Crippen LogP contribution in [-0.4, -0.2) is 75.3 Å². The zero-order chi connectivity index (χ0) is 21.1. The predicted molar refractivity (Wildman–Crippen MR) is 107 cm³/mol. The van der Waals surface area contributed by atoms with Crippen LogP contribution in [0.5, 0.6) is 0 Å². The van der Waals surface area contributed by atoms with Gasteiger partial charge in [-0.2, -0.15) is 5.10 Å². The van der Waals surface area contributed by atoms with Crippen LogP contribution in [0.1, 0.15) is 22.5 Å². The largest absolute Gasteiger partial charge is 0.339 e. The number of likely N-dealkylation sites (tertiary alicyclic amines) is 1. The zero-order valence-electron chi connectivity index (χ0n) is 16.5. The summed E-state index contributed by atoms with van der Waals surface area (Å²) in [4.78, 5) is 54.0. The molecule has 0 aliphatic carbocycles. The Morgan fingerprint density at radius 2 is 1.67 bits per heavy atom. The summed E-state index contributed by atoms with van der Waals surface area (Å²) in [5.41, 5.74) is 0.851. The van der Waals surface area contributed by atoms with Crippen molar-refractivity contribution in [2.45, 2.75) is 13.0 Å². The van der Waals surface area contributed by atoms with Crippen LogP contribution < -0.4 is 5.56 Å². The number of H-pyrrole nitrogens is 1. The lowest BCUT2D eigenvalue weighted by Gasteiger charge is -2.35. The summed E-state index contributed by atoms with van der Waals surface area (Å²) >= 11 is 0. The third-order valence-electron chi connectivity index (χ3n) is 5.56. The molecule has 9 heteroatoms. The molecule has 2 fully saturated rings. The molecule has 1 unspecified atom stereocenters. The Balaban J connectivity index is 1.31. The summed E-state index contributed by atoms with van der Waals surface area (Å²) in [6, 6.07) is 12.4. The Kier molecular flexibility index (Phi) is 5.60. The number of piperazine rings is 1. The van der Waals surface area contributed by atoms with E-state index in [4.69, 9.17) is 0 Å². The van der Waals surface area contributed by atoms with Gasteiger partial charge in [-0.1, -0.05) is 30.3 Å². The van der Waals surface area contributed by atoms with Crippen LogP contribution in [0.2, 0.25) is 0 Å². The SMILES string of the molecule is O=C1CC(C(=O)N2CCN(C(=O)c3ccc(=O)[nH]n3)CC2)CN1Cc1ccccc1. The van der Waals surface area contributed by atoms with Gasteiger partial charge in [0.15, 0.2) is 0 Å². The van der Waals surface area contributed by atoms with Crippen molar-refractivity contribution in [2.24, 2.45) is 5.92 Å². The van der Waals surface area contributed by atoms with Gasteiger partial charge in [0.05, 0.1) is 5.92 Å². The van der Waals surface area contributed by atoms with Crippen LogP contribution in [0.25, 0.3) is 0 Å². The smallest absolute Gasteiger partial charge is 0.274 e. The number of carbonyl (C=O) groups is 3. The lowest BCUT2D eigenvalue weighted by molar-refractivity contribution is -0.137. The van der Waals surface area contributed by atoms with Gasteiger partial charge in [-0.15, -0.1) is 0 Å². The third-order valence-corrected chi connectivity index (χ3v) is 5.56. The van der Waals surface area contributed by atoms with E-state index in [2.05, 4.69) is 10.2 Å². The summed E-state index contributed by atoms with van der Waals surface area (Å²) in [6.45, 7) is 2.54. The Morgan fingerprint density at radius 1 is 0.967 bits per heavy atom. The second kappa shape index (κ2) is 8.48. The number of aromatic amines is 1. The van der Waals surface area contributed by atoms with E-state index in [-0.39, 0.29) is 41.3 Å². The summed E-state index contributed by atoms with van der Waals surface area (Å²) in [6.07, 6.45) is 0.228. The molecule has 2 saturated heterocycles. The zero-order valence-corrected chi connectivity index (χ0v) is 16.5. The van der Waals surface area contributed by atoms with E-state index < -0.39 is 0 Å². The molecular weight excluding hydrogens is 386 g/mol. The van der Waals surface area contributed by atoms with E-state index >= 15 is 0 Å². The molecule has 0 radical (unpaired) electrons. The Bertz CT molecular complexity index is 977. The van der Waals surface area contributed by atoms with Gasteiger partial charge in [-0.05, 0) is 11.6 Å². The molecule has 4 rings (SSSR count). The average Bonchev–Trinajstić information content (AvgIpc) is 3.14. The van der Waals surface area contributed by atoms with Crippen LogP contribution in [0.3, 0.4) is 0 Å². The number of aromatic nitrogens is 2. The molecule has 0 saturated carbocycles. The molecular formula is C21H23N5O4. The lowest BCUT2D eigenvalue weighted by atomic mass is 10.1. The van der Waals surface area contributed by atoms with Crippen molar-refractivity contribution in [2.75, 3.05) is 32.7 Å². The Morgan fingerprint density at radius 3 is 2.33 bits per heavy atom. The normalized spacial score (nSPS) is 19.3. The van der Waals surface area contributed by atoms with Crippen LogP contribution in [0.4, 0.5) is 0 Å². The average molecular weight is 409 g/mol. The van der Waals surface area contributed by atoms with E-state index in [1.807, 2.05) is 30.3 Å². The van der Waals surface area contributed by atoms with E-state index in [0.717, 1.165) is 5.56 Å².